The molecule has 0 radical (unpaired) electrons. The molecule has 2 aromatic heterocycles. The Kier molecular flexibility index (Phi) is 4.65. The number of fused-ring (bicyclic) bond motifs is 1. The molecule has 4 rings (SSSR count). The van der Waals surface area contributed by atoms with Crippen molar-refractivity contribution in [2.45, 2.75) is 25.7 Å². The van der Waals surface area contributed by atoms with Gasteiger partial charge >= 0.3 is 0 Å². The third-order valence-electron chi connectivity index (χ3n) is 4.96. The average Bonchev–Trinajstić information content (AvgIpc) is 2.67. The Morgan fingerprint density at radius 3 is 2.72 bits per heavy atom. The van der Waals surface area contributed by atoms with E-state index in [1.807, 2.05) is 0 Å². The SMILES string of the molecule is COc1nc(-c2cc(F)ccc2C2CC(=O)c3c(C)nc(N)nc3C2)cnc1F. The minimum atomic E-state index is -0.862. The Bertz CT molecular complexity index is 1140. The number of carbonyl (C=O) groups excluding carboxylic acids is 1. The normalized spacial score (nSPS) is 15.9. The van der Waals surface area contributed by atoms with E-state index in [2.05, 4.69) is 19.9 Å². The van der Waals surface area contributed by atoms with Gasteiger partial charge in [0.15, 0.2) is 5.78 Å². The number of benzene rings is 1. The number of aromatic nitrogens is 4. The molecule has 1 aromatic carbocycles. The molecule has 0 spiro atoms. The zero-order valence-electron chi connectivity index (χ0n) is 15.7. The molecule has 3 aromatic rings. The summed E-state index contributed by atoms with van der Waals surface area (Å²) in [5, 5.41) is 0. The van der Waals surface area contributed by atoms with Crippen molar-refractivity contribution < 1.29 is 18.3 Å². The molecule has 0 bridgehead atoms. The molecule has 1 atom stereocenters. The smallest absolute Gasteiger partial charge is 0.275 e. The molecule has 0 saturated heterocycles. The fourth-order valence-electron chi connectivity index (χ4n) is 3.74. The summed E-state index contributed by atoms with van der Waals surface area (Å²) in [5.41, 5.74) is 8.69. The Morgan fingerprint density at radius 1 is 1.17 bits per heavy atom. The molecule has 0 amide bonds. The number of methoxy groups -OCH3 is 1. The molecular formula is C20H17F2N5O2. The number of nitrogens with two attached hydrogens (primary N) is 1. The van der Waals surface area contributed by atoms with Gasteiger partial charge in [0.1, 0.15) is 5.82 Å². The monoisotopic (exact) mass is 397 g/mol. The Morgan fingerprint density at radius 2 is 1.97 bits per heavy atom. The number of ketones is 1. The van der Waals surface area contributed by atoms with E-state index in [0.717, 1.165) is 0 Å². The van der Waals surface area contributed by atoms with Gasteiger partial charge in [0, 0.05) is 12.0 Å². The lowest BCUT2D eigenvalue weighted by Crippen LogP contribution is -2.23. The van der Waals surface area contributed by atoms with Crippen LogP contribution in [0.1, 0.15) is 39.6 Å². The maximum Gasteiger partial charge on any atom is 0.275 e. The molecule has 148 valence electrons. The number of hydrogen-bond donors (Lipinski definition) is 1. The number of anilines is 1. The van der Waals surface area contributed by atoms with E-state index < -0.39 is 11.8 Å². The summed E-state index contributed by atoms with van der Waals surface area (Å²) < 4.78 is 32.6. The van der Waals surface area contributed by atoms with Crippen molar-refractivity contribution in [3.63, 3.8) is 0 Å². The summed E-state index contributed by atoms with van der Waals surface area (Å²) in [6.45, 7) is 1.72. The van der Waals surface area contributed by atoms with Gasteiger partial charge in [0.25, 0.3) is 11.8 Å². The van der Waals surface area contributed by atoms with Crippen LogP contribution >= 0.6 is 0 Å². The van der Waals surface area contributed by atoms with Crippen LogP contribution in [-0.2, 0) is 6.42 Å². The largest absolute Gasteiger partial charge is 0.478 e. The van der Waals surface area contributed by atoms with E-state index in [0.29, 0.717) is 34.5 Å². The van der Waals surface area contributed by atoms with Gasteiger partial charge in [-0.1, -0.05) is 6.07 Å². The fourth-order valence-corrected chi connectivity index (χ4v) is 3.74. The zero-order valence-corrected chi connectivity index (χ0v) is 15.7. The Labute approximate surface area is 165 Å². The third-order valence-corrected chi connectivity index (χ3v) is 4.96. The topological polar surface area (TPSA) is 104 Å². The average molecular weight is 397 g/mol. The highest BCUT2D eigenvalue weighted by Crippen LogP contribution is 2.38. The van der Waals surface area contributed by atoms with Crippen molar-refractivity contribution in [1.29, 1.82) is 0 Å². The van der Waals surface area contributed by atoms with Crippen molar-refractivity contribution in [2.75, 3.05) is 12.8 Å². The predicted octanol–water partition coefficient (Wildman–Crippen LogP) is 3.02. The van der Waals surface area contributed by atoms with Crippen LogP contribution in [0, 0.1) is 18.7 Å². The Hall–Kier alpha value is -3.49. The summed E-state index contributed by atoms with van der Waals surface area (Å²) in [6, 6.07) is 4.20. The second kappa shape index (κ2) is 7.16. The molecule has 1 aliphatic carbocycles. The van der Waals surface area contributed by atoms with E-state index in [1.165, 1.54) is 25.4 Å². The molecule has 0 saturated carbocycles. The summed E-state index contributed by atoms with van der Waals surface area (Å²) in [6.07, 6.45) is 1.84. The van der Waals surface area contributed by atoms with Gasteiger partial charge in [-0.05, 0) is 37.0 Å². The van der Waals surface area contributed by atoms with Crippen molar-refractivity contribution in [2.24, 2.45) is 0 Å². The lowest BCUT2D eigenvalue weighted by molar-refractivity contribution is 0.0962. The predicted molar refractivity (Wildman–Crippen MR) is 101 cm³/mol. The first kappa shape index (κ1) is 18.9. The van der Waals surface area contributed by atoms with E-state index in [9.17, 15) is 13.6 Å². The molecule has 1 aliphatic rings. The van der Waals surface area contributed by atoms with Crippen LogP contribution in [0.25, 0.3) is 11.3 Å². The van der Waals surface area contributed by atoms with Gasteiger partial charge in [0.2, 0.25) is 5.95 Å². The van der Waals surface area contributed by atoms with E-state index >= 15 is 0 Å². The number of Topliss-reactive ketones (excluding diaryl/α,β-unsaturated/α-hetero) is 1. The fraction of sp³-hybridized carbons (Fsp3) is 0.250. The number of rotatable bonds is 3. The van der Waals surface area contributed by atoms with Crippen molar-refractivity contribution >= 4 is 11.7 Å². The quantitative estimate of drug-likeness (QED) is 0.724. The van der Waals surface area contributed by atoms with Crippen LogP contribution in [0.15, 0.2) is 24.4 Å². The molecule has 2 heterocycles. The van der Waals surface area contributed by atoms with Gasteiger partial charge in [-0.2, -0.15) is 4.39 Å². The van der Waals surface area contributed by atoms with Crippen LogP contribution in [0.2, 0.25) is 0 Å². The number of aryl methyl sites for hydroxylation is 1. The molecule has 29 heavy (non-hydrogen) atoms. The van der Waals surface area contributed by atoms with Crippen LogP contribution in [-0.4, -0.2) is 32.8 Å². The summed E-state index contributed by atoms with van der Waals surface area (Å²) in [4.78, 5) is 28.8. The maximum atomic E-state index is 14.0. The first-order valence-corrected chi connectivity index (χ1v) is 8.90. The van der Waals surface area contributed by atoms with Gasteiger partial charge in [0.05, 0.1) is 36.0 Å². The molecule has 0 aliphatic heterocycles. The van der Waals surface area contributed by atoms with Crippen LogP contribution in [0.5, 0.6) is 5.88 Å². The second-order valence-electron chi connectivity index (χ2n) is 6.80. The van der Waals surface area contributed by atoms with Crippen LogP contribution < -0.4 is 10.5 Å². The lowest BCUT2D eigenvalue weighted by Gasteiger charge is -2.26. The summed E-state index contributed by atoms with van der Waals surface area (Å²) in [7, 11) is 1.27. The molecule has 1 unspecified atom stereocenters. The number of hydrogen-bond acceptors (Lipinski definition) is 7. The number of halogens is 2. The van der Waals surface area contributed by atoms with Crippen LogP contribution in [0.4, 0.5) is 14.7 Å². The van der Waals surface area contributed by atoms with Gasteiger partial charge in [-0.15, -0.1) is 0 Å². The molecule has 9 heteroatoms. The van der Waals surface area contributed by atoms with E-state index in [1.54, 1.807) is 13.0 Å². The maximum absolute atomic E-state index is 14.0. The second-order valence-corrected chi connectivity index (χ2v) is 6.80. The van der Waals surface area contributed by atoms with Crippen molar-refractivity contribution in [3.8, 4) is 17.1 Å². The highest BCUT2D eigenvalue weighted by atomic mass is 19.1. The number of nitrogen functional groups attached to an aromatic ring is 1. The third kappa shape index (κ3) is 3.39. The summed E-state index contributed by atoms with van der Waals surface area (Å²) in [5.74, 6) is -1.93. The first-order chi connectivity index (χ1) is 13.9. The summed E-state index contributed by atoms with van der Waals surface area (Å²) >= 11 is 0. The highest BCUT2D eigenvalue weighted by Gasteiger charge is 2.31. The minimum Gasteiger partial charge on any atom is -0.478 e. The van der Waals surface area contributed by atoms with Crippen LogP contribution in [0.3, 0.4) is 0 Å². The number of carbonyl (C=O) groups is 1. The zero-order chi connectivity index (χ0) is 20.7. The number of nitrogens with zero attached hydrogens (tertiary/aromatic N) is 4. The van der Waals surface area contributed by atoms with Gasteiger partial charge in [-0.25, -0.2) is 24.3 Å². The van der Waals surface area contributed by atoms with E-state index in [4.69, 9.17) is 10.5 Å². The van der Waals surface area contributed by atoms with E-state index in [-0.39, 0.29) is 35.6 Å². The molecular weight excluding hydrogens is 380 g/mol. The minimum absolute atomic E-state index is 0.100. The highest BCUT2D eigenvalue weighted by molar-refractivity contribution is 6.00. The van der Waals surface area contributed by atoms with Crippen molar-refractivity contribution in [1.82, 2.24) is 19.9 Å². The van der Waals surface area contributed by atoms with Crippen molar-refractivity contribution in [3.05, 3.63) is 58.7 Å². The molecule has 0 fully saturated rings. The van der Waals surface area contributed by atoms with Gasteiger partial charge in [-0.3, -0.25) is 4.79 Å². The number of ether oxygens (including phenoxy) is 1. The molecule has 2 N–H and O–H groups in total. The standard InChI is InChI=1S/C20H17F2N5O2/c1-9-17-14(27-20(23)25-9)5-10(6-16(17)28)12-4-3-11(21)7-13(12)15-8-24-18(22)19(26-15)29-2/h3-4,7-8,10H,5-6H2,1-2H3,(H2,23,25,27). The lowest BCUT2D eigenvalue weighted by atomic mass is 9.79. The Balaban J connectivity index is 1.82. The molecule has 7 nitrogen and oxygen atoms in total. The van der Waals surface area contributed by atoms with Gasteiger partial charge < -0.3 is 10.5 Å². The first-order valence-electron chi connectivity index (χ1n) is 8.90.